The second-order valence-electron chi connectivity index (χ2n) is 2.87. The summed E-state index contributed by atoms with van der Waals surface area (Å²) in [4.78, 5) is 0. The number of benzene rings is 1. The summed E-state index contributed by atoms with van der Waals surface area (Å²) in [5.41, 5.74) is 2.00. The van der Waals surface area contributed by atoms with Gasteiger partial charge in [0.1, 0.15) is 0 Å². The zero-order valence-corrected chi connectivity index (χ0v) is 7.48. The van der Waals surface area contributed by atoms with Crippen LogP contribution >= 0.6 is 0 Å². The third-order valence-electron chi connectivity index (χ3n) is 1.86. The molecule has 0 radical (unpaired) electrons. The number of hydrogen-bond donors (Lipinski definition) is 2. The summed E-state index contributed by atoms with van der Waals surface area (Å²) < 4.78 is 0. The minimum absolute atomic E-state index is 0.00938. The number of aliphatic hydroxyl groups excluding tert-OH is 2. The Bertz CT molecular complexity index is 265. The Balaban J connectivity index is 2.62. The van der Waals surface area contributed by atoms with Crippen LogP contribution in [0.4, 0.5) is 0 Å². The van der Waals surface area contributed by atoms with Gasteiger partial charge in [-0.05, 0) is 17.6 Å². The van der Waals surface area contributed by atoms with Crippen molar-refractivity contribution in [3.63, 3.8) is 0 Å². The van der Waals surface area contributed by atoms with Crippen LogP contribution in [0.1, 0.15) is 5.56 Å². The van der Waals surface area contributed by atoms with Gasteiger partial charge >= 0.3 is 0 Å². The van der Waals surface area contributed by atoms with Gasteiger partial charge in [0.25, 0.3) is 0 Å². The summed E-state index contributed by atoms with van der Waals surface area (Å²) in [7, 11) is 0. The smallest absolute Gasteiger partial charge is 0.0645 e. The molecule has 0 spiro atoms. The van der Waals surface area contributed by atoms with Gasteiger partial charge in [-0.2, -0.15) is 0 Å². The number of aliphatic hydroxyl groups is 2. The van der Waals surface area contributed by atoms with Crippen molar-refractivity contribution in [3.8, 4) is 0 Å². The van der Waals surface area contributed by atoms with E-state index < -0.39 is 0 Å². The van der Waals surface area contributed by atoms with E-state index in [1.54, 1.807) is 6.08 Å². The van der Waals surface area contributed by atoms with Crippen molar-refractivity contribution >= 4 is 0 Å². The summed E-state index contributed by atoms with van der Waals surface area (Å²) in [6, 6.07) is 9.88. The molecule has 0 heterocycles. The Morgan fingerprint density at radius 1 is 1.15 bits per heavy atom. The van der Waals surface area contributed by atoms with Gasteiger partial charge in [0.15, 0.2) is 0 Å². The maximum absolute atomic E-state index is 8.94. The SMILES string of the molecule is OC/C=C(\CO)Cc1ccccc1. The molecule has 1 aromatic carbocycles. The van der Waals surface area contributed by atoms with Crippen LogP contribution in [0.3, 0.4) is 0 Å². The van der Waals surface area contributed by atoms with E-state index in [-0.39, 0.29) is 13.2 Å². The van der Waals surface area contributed by atoms with E-state index in [1.807, 2.05) is 30.3 Å². The van der Waals surface area contributed by atoms with Gasteiger partial charge in [0.2, 0.25) is 0 Å². The van der Waals surface area contributed by atoms with Gasteiger partial charge in [0.05, 0.1) is 13.2 Å². The predicted molar refractivity (Wildman–Crippen MR) is 52.4 cm³/mol. The van der Waals surface area contributed by atoms with Crippen molar-refractivity contribution in [2.45, 2.75) is 6.42 Å². The molecule has 0 fully saturated rings. The fourth-order valence-electron chi connectivity index (χ4n) is 1.18. The molecule has 0 atom stereocenters. The van der Waals surface area contributed by atoms with Crippen molar-refractivity contribution < 1.29 is 10.2 Å². The quantitative estimate of drug-likeness (QED) is 0.679. The first-order valence-corrected chi connectivity index (χ1v) is 4.30. The van der Waals surface area contributed by atoms with Gasteiger partial charge in [-0.3, -0.25) is 0 Å². The second kappa shape index (κ2) is 5.51. The molecule has 70 valence electrons. The monoisotopic (exact) mass is 178 g/mol. The lowest BCUT2D eigenvalue weighted by atomic mass is 10.1. The summed E-state index contributed by atoms with van der Waals surface area (Å²) in [6.45, 7) is -0.00180. The maximum atomic E-state index is 8.94. The first kappa shape index (κ1) is 9.96. The van der Waals surface area contributed by atoms with Crippen LogP contribution in [-0.4, -0.2) is 23.4 Å². The molecule has 1 rings (SSSR count). The summed E-state index contributed by atoms with van der Waals surface area (Å²) in [5.74, 6) is 0. The van der Waals surface area contributed by atoms with Crippen LogP contribution in [0.5, 0.6) is 0 Å². The van der Waals surface area contributed by atoms with Crippen LogP contribution in [0.2, 0.25) is 0 Å². The Hall–Kier alpha value is -1.12. The first-order valence-electron chi connectivity index (χ1n) is 4.30. The second-order valence-corrected chi connectivity index (χ2v) is 2.87. The average molecular weight is 178 g/mol. The fourth-order valence-corrected chi connectivity index (χ4v) is 1.18. The van der Waals surface area contributed by atoms with Gasteiger partial charge < -0.3 is 10.2 Å². The maximum Gasteiger partial charge on any atom is 0.0645 e. The van der Waals surface area contributed by atoms with Crippen LogP contribution in [0.25, 0.3) is 0 Å². The van der Waals surface area contributed by atoms with E-state index in [9.17, 15) is 0 Å². The Morgan fingerprint density at radius 3 is 2.38 bits per heavy atom. The molecule has 0 aliphatic carbocycles. The highest BCUT2D eigenvalue weighted by Crippen LogP contribution is 2.06. The zero-order chi connectivity index (χ0) is 9.52. The largest absolute Gasteiger partial charge is 0.392 e. The van der Waals surface area contributed by atoms with Gasteiger partial charge in [-0.25, -0.2) is 0 Å². The molecule has 0 bridgehead atoms. The highest BCUT2D eigenvalue weighted by molar-refractivity contribution is 5.21. The molecule has 0 unspecified atom stereocenters. The number of rotatable bonds is 4. The molecule has 0 amide bonds. The van der Waals surface area contributed by atoms with Crippen molar-refractivity contribution in [1.82, 2.24) is 0 Å². The molecule has 2 nitrogen and oxygen atoms in total. The molecule has 13 heavy (non-hydrogen) atoms. The van der Waals surface area contributed by atoms with E-state index in [1.165, 1.54) is 0 Å². The van der Waals surface area contributed by atoms with Crippen molar-refractivity contribution in [2.75, 3.05) is 13.2 Å². The van der Waals surface area contributed by atoms with Crippen LogP contribution < -0.4 is 0 Å². The third-order valence-corrected chi connectivity index (χ3v) is 1.86. The Kier molecular flexibility index (Phi) is 4.23. The summed E-state index contributed by atoms with van der Waals surface area (Å²) in [6.07, 6.45) is 2.35. The molecule has 0 saturated carbocycles. The molecule has 0 aliphatic heterocycles. The molecule has 2 N–H and O–H groups in total. The average Bonchev–Trinajstić information content (AvgIpc) is 2.19. The minimum Gasteiger partial charge on any atom is -0.392 e. The standard InChI is InChI=1S/C11H14O2/c12-7-6-11(9-13)8-10-4-2-1-3-5-10/h1-6,12-13H,7-9H2/b11-6-. The van der Waals surface area contributed by atoms with Crippen LogP contribution in [0.15, 0.2) is 42.0 Å². The summed E-state index contributed by atoms with van der Waals surface area (Å²) >= 11 is 0. The minimum atomic E-state index is -0.0112. The zero-order valence-electron chi connectivity index (χ0n) is 7.48. The lowest BCUT2D eigenvalue weighted by molar-refractivity contribution is 0.317. The van der Waals surface area contributed by atoms with Crippen molar-refractivity contribution in [2.24, 2.45) is 0 Å². The van der Waals surface area contributed by atoms with E-state index in [2.05, 4.69) is 0 Å². The van der Waals surface area contributed by atoms with Crippen molar-refractivity contribution in [1.29, 1.82) is 0 Å². The van der Waals surface area contributed by atoms with Crippen LogP contribution in [-0.2, 0) is 6.42 Å². The molecule has 0 aliphatic rings. The van der Waals surface area contributed by atoms with Gasteiger partial charge in [-0.1, -0.05) is 36.4 Å². The molecule has 1 aromatic rings. The topological polar surface area (TPSA) is 40.5 Å². The third kappa shape index (κ3) is 3.40. The number of hydrogen-bond acceptors (Lipinski definition) is 2. The van der Waals surface area contributed by atoms with Gasteiger partial charge in [-0.15, -0.1) is 0 Å². The van der Waals surface area contributed by atoms with E-state index in [4.69, 9.17) is 10.2 Å². The lowest BCUT2D eigenvalue weighted by Gasteiger charge is -2.03. The Morgan fingerprint density at radius 2 is 1.85 bits per heavy atom. The first-order chi connectivity index (χ1) is 6.36. The highest BCUT2D eigenvalue weighted by atomic mass is 16.3. The lowest BCUT2D eigenvalue weighted by Crippen LogP contribution is -1.97. The predicted octanol–water partition coefficient (Wildman–Crippen LogP) is 1.14. The highest BCUT2D eigenvalue weighted by Gasteiger charge is 1.96. The van der Waals surface area contributed by atoms with Gasteiger partial charge in [0, 0.05) is 0 Å². The fraction of sp³-hybridized carbons (Fsp3) is 0.273. The van der Waals surface area contributed by atoms with E-state index in [0.717, 1.165) is 11.1 Å². The van der Waals surface area contributed by atoms with Crippen LogP contribution in [0, 0.1) is 0 Å². The Labute approximate surface area is 78.2 Å². The van der Waals surface area contributed by atoms with E-state index in [0.29, 0.717) is 6.42 Å². The molecule has 0 aromatic heterocycles. The normalized spacial score (nSPS) is 11.7. The summed E-state index contributed by atoms with van der Waals surface area (Å²) in [5, 5.41) is 17.6. The molecular weight excluding hydrogens is 164 g/mol. The van der Waals surface area contributed by atoms with E-state index >= 15 is 0 Å². The molecule has 2 heteroatoms. The molecule has 0 saturated heterocycles. The van der Waals surface area contributed by atoms with Crippen molar-refractivity contribution in [3.05, 3.63) is 47.5 Å². The molecular formula is C11H14O2.